The summed E-state index contributed by atoms with van der Waals surface area (Å²) in [4.78, 5) is 4.42. The molecule has 0 saturated carbocycles. The summed E-state index contributed by atoms with van der Waals surface area (Å²) in [5, 5.41) is 1.24. The van der Waals surface area contributed by atoms with Gasteiger partial charge < -0.3 is 0 Å². The Bertz CT molecular complexity index is 382. The van der Waals surface area contributed by atoms with Crippen molar-refractivity contribution in [2.75, 3.05) is 0 Å². The number of hydrogen-bond acceptors (Lipinski definition) is 1. The Morgan fingerprint density at radius 1 is 1.17 bits per heavy atom. The van der Waals surface area contributed by atoms with E-state index < -0.39 is 0 Å². The van der Waals surface area contributed by atoms with E-state index in [0.717, 1.165) is 11.2 Å². The number of aryl methyl sites for hydroxylation is 1. The van der Waals surface area contributed by atoms with Gasteiger partial charge in [-0.15, -0.1) is 0 Å². The molecule has 0 aliphatic rings. The number of benzene rings is 1. The van der Waals surface area contributed by atoms with Gasteiger partial charge in [0.2, 0.25) is 0 Å². The fraction of sp³-hybridized carbons (Fsp3) is 0.100. The van der Waals surface area contributed by atoms with Crippen molar-refractivity contribution in [3.05, 3.63) is 36.0 Å². The van der Waals surface area contributed by atoms with Gasteiger partial charge in [-0.05, 0) is 0 Å². The molecule has 56 valence electrons. The first-order chi connectivity index (χ1) is 5.75. The van der Waals surface area contributed by atoms with Crippen molar-refractivity contribution in [3.63, 3.8) is 0 Å². The van der Waals surface area contributed by atoms with Crippen molar-refractivity contribution < 1.29 is 0 Å². The van der Waals surface area contributed by atoms with Gasteiger partial charge in [-0.3, -0.25) is 0 Å². The summed E-state index contributed by atoms with van der Waals surface area (Å²) >= 11 is 1.65. The normalized spacial score (nSPS) is 10.4. The predicted octanol–water partition coefficient (Wildman–Crippen LogP) is 1.34. The van der Waals surface area contributed by atoms with Crippen molar-refractivity contribution in [3.8, 4) is 0 Å². The second-order valence-electron chi connectivity index (χ2n) is 2.90. The van der Waals surface area contributed by atoms with E-state index in [0.29, 0.717) is 0 Å². The molecule has 12 heavy (non-hydrogen) atoms. The molecule has 0 saturated heterocycles. The van der Waals surface area contributed by atoms with Crippen LogP contribution >= 0.6 is 0 Å². The number of hydrogen-bond donors (Lipinski definition) is 0. The number of fused-ring (bicyclic) bond motifs is 1. The standard InChI is InChI=1S/C10H8N.Ga/c1-8-6-7-9-4-2-3-5-10(9)11-8;/h3-7H,1H3;. The monoisotopic (exact) mass is 211 g/mol. The minimum absolute atomic E-state index is 1.08. The van der Waals surface area contributed by atoms with E-state index in [1.54, 1.807) is 18.6 Å². The molecule has 1 aromatic heterocycles. The van der Waals surface area contributed by atoms with E-state index in [4.69, 9.17) is 0 Å². The van der Waals surface area contributed by atoms with Crippen LogP contribution in [0.15, 0.2) is 30.3 Å². The molecule has 0 amide bonds. The SMILES string of the molecule is Cc1ccc2c[c]([Ga])ccc2n1. The van der Waals surface area contributed by atoms with Crippen LogP contribution in [0.4, 0.5) is 0 Å². The van der Waals surface area contributed by atoms with Gasteiger partial charge in [-0.25, -0.2) is 0 Å². The molecular weight excluding hydrogens is 204 g/mol. The van der Waals surface area contributed by atoms with E-state index in [1.807, 2.05) is 6.92 Å². The van der Waals surface area contributed by atoms with Gasteiger partial charge >= 0.3 is 81.6 Å². The summed E-state index contributed by atoms with van der Waals surface area (Å²) in [5.74, 6) is 0. The van der Waals surface area contributed by atoms with Crippen LogP contribution in [0.3, 0.4) is 0 Å². The first-order valence-corrected chi connectivity index (χ1v) is 5.10. The van der Waals surface area contributed by atoms with Crippen LogP contribution in [0, 0.1) is 6.92 Å². The summed E-state index contributed by atoms with van der Waals surface area (Å²) in [6, 6.07) is 10.6. The van der Waals surface area contributed by atoms with Gasteiger partial charge in [-0.2, -0.15) is 0 Å². The number of pyridine rings is 1. The fourth-order valence-corrected chi connectivity index (χ4v) is 1.82. The van der Waals surface area contributed by atoms with Crippen molar-refractivity contribution in [1.82, 2.24) is 4.98 Å². The predicted molar refractivity (Wildman–Crippen MR) is 51.9 cm³/mol. The number of rotatable bonds is 0. The molecule has 2 aromatic rings. The molecule has 0 fully saturated rings. The minimum atomic E-state index is 1.08. The van der Waals surface area contributed by atoms with E-state index in [9.17, 15) is 0 Å². The first kappa shape index (κ1) is 7.89. The van der Waals surface area contributed by atoms with Crippen LogP contribution in [0.5, 0.6) is 0 Å². The van der Waals surface area contributed by atoms with Crippen LogP contribution in [0.2, 0.25) is 0 Å². The van der Waals surface area contributed by atoms with Crippen molar-refractivity contribution in [2.45, 2.75) is 6.92 Å². The number of aromatic nitrogens is 1. The molecule has 0 bridgehead atoms. The topological polar surface area (TPSA) is 12.9 Å². The summed E-state index contributed by atoms with van der Waals surface area (Å²) in [7, 11) is 0. The molecule has 0 aliphatic carbocycles. The average Bonchev–Trinajstić information content (AvgIpc) is 2.05. The Hall–Kier alpha value is -0.734. The third-order valence-electron chi connectivity index (χ3n) is 1.85. The Labute approximate surface area is 81.7 Å². The second-order valence-corrected chi connectivity index (χ2v) is 4.30. The van der Waals surface area contributed by atoms with Gasteiger partial charge in [-0.1, -0.05) is 0 Å². The molecule has 0 atom stereocenters. The zero-order valence-electron chi connectivity index (χ0n) is 6.91. The third kappa shape index (κ3) is 1.40. The maximum absolute atomic E-state index is 4.42. The van der Waals surface area contributed by atoms with Crippen molar-refractivity contribution in [2.24, 2.45) is 0 Å². The second kappa shape index (κ2) is 2.96. The molecule has 2 heteroatoms. The van der Waals surface area contributed by atoms with Crippen molar-refractivity contribution >= 4 is 33.6 Å². The van der Waals surface area contributed by atoms with Crippen LogP contribution in [0.1, 0.15) is 5.69 Å². The molecule has 0 N–H and O–H groups in total. The molecule has 2 radical (unpaired) electrons. The molecule has 1 heterocycles. The summed E-state index contributed by atoms with van der Waals surface area (Å²) in [5.41, 5.74) is 2.17. The summed E-state index contributed by atoms with van der Waals surface area (Å²) < 4.78 is 1.35. The summed E-state index contributed by atoms with van der Waals surface area (Å²) in [6.45, 7) is 2.02. The maximum atomic E-state index is 4.42. The van der Waals surface area contributed by atoms with Gasteiger partial charge in [0.05, 0.1) is 0 Å². The van der Waals surface area contributed by atoms with Gasteiger partial charge in [0.15, 0.2) is 0 Å². The molecule has 0 unspecified atom stereocenters. The molecule has 2 rings (SSSR count). The van der Waals surface area contributed by atoms with E-state index >= 15 is 0 Å². The number of nitrogens with zero attached hydrogens (tertiary/aromatic N) is 1. The third-order valence-corrected chi connectivity index (χ3v) is 2.61. The molecule has 1 aromatic carbocycles. The van der Waals surface area contributed by atoms with Crippen LogP contribution in [-0.4, -0.2) is 23.6 Å². The quantitative estimate of drug-likeness (QED) is 0.600. The fourth-order valence-electron chi connectivity index (χ4n) is 1.25. The Balaban J connectivity index is 2.79. The van der Waals surface area contributed by atoms with Crippen LogP contribution < -0.4 is 4.12 Å². The van der Waals surface area contributed by atoms with Crippen LogP contribution in [0.25, 0.3) is 10.9 Å². The molecule has 1 nitrogen and oxygen atoms in total. The average molecular weight is 212 g/mol. The Morgan fingerprint density at radius 3 is 2.83 bits per heavy atom. The van der Waals surface area contributed by atoms with E-state index in [1.165, 1.54) is 9.50 Å². The van der Waals surface area contributed by atoms with Gasteiger partial charge in [0, 0.05) is 0 Å². The Kier molecular flexibility index (Phi) is 1.94. The Morgan fingerprint density at radius 2 is 2.00 bits per heavy atom. The van der Waals surface area contributed by atoms with Gasteiger partial charge in [0.1, 0.15) is 0 Å². The molecule has 0 aliphatic heterocycles. The first-order valence-electron chi connectivity index (χ1n) is 3.88. The van der Waals surface area contributed by atoms with Gasteiger partial charge in [0.25, 0.3) is 0 Å². The molecular formula is C10H8GaN. The van der Waals surface area contributed by atoms with Crippen LogP contribution in [-0.2, 0) is 0 Å². The van der Waals surface area contributed by atoms with Crippen molar-refractivity contribution in [1.29, 1.82) is 0 Å². The van der Waals surface area contributed by atoms with E-state index in [2.05, 4.69) is 35.3 Å². The van der Waals surface area contributed by atoms with E-state index in [-0.39, 0.29) is 0 Å². The molecule has 0 spiro atoms. The zero-order valence-corrected chi connectivity index (χ0v) is 9.33. The zero-order chi connectivity index (χ0) is 8.55. The summed E-state index contributed by atoms with van der Waals surface area (Å²) in [6.07, 6.45) is 0.